The lowest BCUT2D eigenvalue weighted by molar-refractivity contribution is 0.0721. The van der Waals surface area contributed by atoms with Crippen molar-refractivity contribution < 1.29 is 4.74 Å². The molecule has 0 amide bonds. The van der Waals surface area contributed by atoms with E-state index in [0.29, 0.717) is 16.2 Å². The average Bonchev–Trinajstić information content (AvgIpc) is 2.58. The van der Waals surface area contributed by atoms with Gasteiger partial charge in [-0.15, -0.1) is 0 Å². The molecule has 0 radical (unpaired) electrons. The molecule has 1 atom stereocenters. The van der Waals surface area contributed by atoms with Gasteiger partial charge < -0.3 is 15.5 Å². The summed E-state index contributed by atoms with van der Waals surface area (Å²) in [6.07, 6.45) is 6.89. The molecule has 4 nitrogen and oxygen atoms in total. The van der Waals surface area contributed by atoms with Crippen LogP contribution < -0.4 is 16.0 Å². The third-order valence-corrected chi connectivity index (χ3v) is 5.82. The molecule has 130 valence electrons. The molecule has 1 saturated carbocycles. The van der Waals surface area contributed by atoms with Gasteiger partial charge in [0.2, 0.25) is 0 Å². The summed E-state index contributed by atoms with van der Waals surface area (Å²) in [4.78, 5) is 14.5. The molecule has 1 aliphatic rings. The van der Waals surface area contributed by atoms with Crippen LogP contribution in [0.1, 0.15) is 46.0 Å². The molecule has 1 aliphatic carbocycles. The molecule has 1 aromatic heterocycles. The lowest BCUT2D eigenvalue weighted by Crippen LogP contribution is -2.43. The van der Waals surface area contributed by atoms with Gasteiger partial charge in [0.05, 0.1) is 11.1 Å². The molecule has 24 heavy (non-hydrogen) atoms. The van der Waals surface area contributed by atoms with E-state index in [-0.39, 0.29) is 23.1 Å². The zero-order chi connectivity index (χ0) is 17.3. The second-order valence-corrected chi connectivity index (χ2v) is 7.57. The van der Waals surface area contributed by atoms with Gasteiger partial charge in [-0.2, -0.15) is 0 Å². The van der Waals surface area contributed by atoms with Crippen LogP contribution >= 0.6 is 11.6 Å². The van der Waals surface area contributed by atoms with Crippen molar-refractivity contribution in [1.82, 2.24) is 4.98 Å². The minimum atomic E-state index is -0.136. The number of hydrogen-bond acceptors (Lipinski definition) is 3. The molecule has 1 unspecified atom stereocenters. The maximum Gasteiger partial charge on any atom is 0.255 e. The Morgan fingerprint density at radius 2 is 2.12 bits per heavy atom. The molecular formula is C19H25ClN2O2. The molecular weight excluding hydrogens is 324 g/mol. The van der Waals surface area contributed by atoms with Gasteiger partial charge in [-0.3, -0.25) is 4.79 Å². The van der Waals surface area contributed by atoms with Crippen molar-refractivity contribution in [3.8, 4) is 5.75 Å². The molecule has 1 aromatic carbocycles. The van der Waals surface area contributed by atoms with Gasteiger partial charge in [0.25, 0.3) is 5.56 Å². The van der Waals surface area contributed by atoms with Crippen LogP contribution in [0.4, 0.5) is 0 Å². The average molecular weight is 349 g/mol. The van der Waals surface area contributed by atoms with Crippen molar-refractivity contribution in [3.63, 3.8) is 0 Å². The molecule has 0 spiro atoms. The maximum absolute atomic E-state index is 11.8. The Morgan fingerprint density at radius 3 is 2.79 bits per heavy atom. The van der Waals surface area contributed by atoms with Crippen LogP contribution in [0.5, 0.6) is 5.75 Å². The number of rotatable bonds is 4. The minimum absolute atomic E-state index is 0.136. The Bertz CT molecular complexity index is 779. The summed E-state index contributed by atoms with van der Waals surface area (Å²) in [5, 5.41) is 1.91. The molecule has 2 aromatic rings. The van der Waals surface area contributed by atoms with Crippen molar-refractivity contribution in [2.45, 2.75) is 58.1 Å². The Labute approximate surface area is 147 Å². The van der Waals surface area contributed by atoms with Crippen LogP contribution in [-0.2, 0) is 0 Å². The summed E-state index contributed by atoms with van der Waals surface area (Å²) in [5.74, 6) is 0.656. The molecule has 0 saturated heterocycles. The first-order chi connectivity index (χ1) is 11.4. The van der Waals surface area contributed by atoms with Crippen LogP contribution in [-0.4, -0.2) is 17.1 Å². The predicted octanol–water partition coefficient (Wildman–Crippen LogP) is 4.25. The number of benzene rings is 1. The second-order valence-electron chi connectivity index (χ2n) is 7.16. The summed E-state index contributed by atoms with van der Waals surface area (Å²) in [5.41, 5.74) is 6.35. The summed E-state index contributed by atoms with van der Waals surface area (Å²) in [6.45, 7) is 4.43. The SMILES string of the molecule is CCC(N)[C@]1(C)CC[C@H](Oc2cc3cc[nH]c(=O)c3cc2Cl)CC1. The van der Waals surface area contributed by atoms with Crippen LogP contribution in [0.25, 0.3) is 10.8 Å². The fraction of sp³-hybridized carbons (Fsp3) is 0.526. The van der Waals surface area contributed by atoms with Crippen LogP contribution in [0.3, 0.4) is 0 Å². The highest BCUT2D eigenvalue weighted by molar-refractivity contribution is 6.32. The first-order valence-corrected chi connectivity index (χ1v) is 9.04. The van der Waals surface area contributed by atoms with Crippen molar-refractivity contribution in [2.24, 2.45) is 11.1 Å². The first-order valence-electron chi connectivity index (χ1n) is 8.66. The second kappa shape index (κ2) is 6.77. The molecule has 3 rings (SSSR count). The molecule has 1 fully saturated rings. The monoisotopic (exact) mass is 348 g/mol. The van der Waals surface area contributed by atoms with Gasteiger partial charge >= 0.3 is 0 Å². The van der Waals surface area contributed by atoms with Crippen molar-refractivity contribution in [3.05, 3.63) is 39.8 Å². The molecule has 0 bridgehead atoms. The Kier molecular flexibility index (Phi) is 4.88. The number of nitrogens with one attached hydrogen (secondary N) is 1. The number of halogens is 1. The van der Waals surface area contributed by atoms with Gasteiger partial charge in [-0.05, 0) is 61.1 Å². The smallest absolute Gasteiger partial charge is 0.255 e. The topological polar surface area (TPSA) is 68.1 Å². The van der Waals surface area contributed by atoms with Gasteiger partial charge in [0.1, 0.15) is 5.75 Å². The van der Waals surface area contributed by atoms with E-state index in [4.69, 9.17) is 22.1 Å². The maximum atomic E-state index is 11.8. The van der Waals surface area contributed by atoms with Gasteiger partial charge in [-0.25, -0.2) is 0 Å². The number of nitrogens with two attached hydrogens (primary N) is 1. The van der Waals surface area contributed by atoms with E-state index in [1.165, 1.54) is 0 Å². The molecule has 5 heteroatoms. The number of aromatic amines is 1. The van der Waals surface area contributed by atoms with E-state index in [1.807, 2.05) is 12.1 Å². The fourth-order valence-electron chi connectivity index (χ4n) is 3.69. The van der Waals surface area contributed by atoms with E-state index in [9.17, 15) is 4.79 Å². The van der Waals surface area contributed by atoms with Crippen LogP contribution in [0, 0.1) is 5.41 Å². The third kappa shape index (κ3) is 3.31. The molecule has 0 aliphatic heterocycles. The summed E-state index contributed by atoms with van der Waals surface area (Å²) >= 11 is 6.33. The Balaban J connectivity index is 1.75. The van der Waals surface area contributed by atoms with E-state index < -0.39 is 0 Å². The number of aromatic nitrogens is 1. The van der Waals surface area contributed by atoms with E-state index >= 15 is 0 Å². The van der Waals surface area contributed by atoms with Crippen molar-refractivity contribution in [2.75, 3.05) is 0 Å². The first kappa shape index (κ1) is 17.3. The van der Waals surface area contributed by atoms with Gasteiger partial charge in [0, 0.05) is 17.6 Å². The third-order valence-electron chi connectivity index (χ3n) is 5.53. The van der Waals surface area contributed by atoms with E-state index in [1.54, 1.807) is 12.3 Å². The number of fused-ring (bicyclic) bond motifs is 1. The number of H-pyrrole nitrogens is 1. The molecule has 1 heterocycles. The quantitative estimate of drug-likeness (QED) is 0.868. The van der Waals surface area contributed by atoms with Crippen LogP contribution in [0.15, 0.2) is 29.2 Å². The highest BCUT2D eigenvalue weighted by Crippen LogP contribution is 2.41. The molecule has 3 N–H and O–H groups in total. The summed E-state index contributed by atoms with van der Waals surface area (Å²) in [6, 6.07) is 5.65. The summed E-state index contributed by atoms with van der Waals surface area (Å²) < 4.78 is 6.16. The zero-order valence-corrected chi connectivity index (χ0v) is 15.0. The van der Waals surface area contributed by atoms with Crippen molar-refractivity contribution >= 4 is 22.4 Å². The minimum Gasteiger partial charge on any atom is -0.489 e. The predicted molar refractivity (Wildman–Crippen MR) is 98.8 cm³/mol. The number of ether oxygens (including phenoxy) is 1. The highest BCUT2D eigenvalue weighted by atomic mass is 35.5. The van der Waals surface area contributed by atoms with E-state index in [0.717, 1.165) is 37.5 Å². The van der Waals surface area contributed by atoms with Gasteiger partial charge in [0.15, 0.2) is 0 Å². The van der Waals surface area contributed by atoms with Gasteiger partial charge in [-0.1, -0.05) is 25.4 Å². The zero-order valence-electron chi connectivity index (χ0n) is 14.3. The number of hydrogen-bond donors (Lipinski definition) is 2. The lowest BCUT2D eigenvalue weighted by atomic mass is 9.69. The summed E-state index contributed by atoms with van der Waals surface area (Å²) in [7, 11) is 0. The lowest BCUT2D eigenvalue weighted by Gasteiger charge is -2.41. The van der Waals surface area contributed by atoms with E-state index in [2.05, 4.69) is 18.8 Å². The normalized spacial score (nSPS) is 25.6. The van der Waals surface area contributed by atoms with Crippen LogP contribution in [0.2, 0.25) is 5.02 Å². The number of pyridine rings is 1. The Hall–Kier alpha value is -1.52. The van der Waals surface area contributed by atoms with Crippen molar-refractivity contribution in [1.29, 1.82) is 0 Å². The Morgan fingerprint density at radius 1 is 1.42 bits per heavy atom. The fourth-order valence-corrected chi connectivity index (χ4v) is 3.90. The highest BCUT2D eigenvalue weighted by Gasteiger charge is 2.36. The standard InChI is InChI=1S/C19H25ClN2O2/c1-3-17(21)19(2)7-4-13(5-8-19)24-16-10-12-6-9-22-18(23)14(12)11-15(16)20/h6,9-11,13,17H,3-5,7-8,21H2,1-2H3,(H,22,23)/t13-,17?,19+. The largest absolute Gasteiger partial charge is 0.489 e.